The van der Waals surface area contributed by atoms with Crippen LogP contribution >= 0.6 is 0 Å². The maximum atomic E-state index is 11.4. The van der Waals surface area contributed by atoms with Crippen LogP contribution in [0.1, 0.15) is 40.6 Å². The van der Waals surface area contributed by atoms with Gasteiger partial charge in [0, 0.05) is 18.2 Å². The Morgan fingerprint density at radius 1 is 1.43 bits per heavy atom. The monoisotopic (exact) mass is 192 g/mol. The van der Waals surface area contributed by atoms with Crippen LogP contribution in [0.15, 0.2) is 18.3 Å². The number of Topliss-reactive ketones (excluding diaryl/α,β-unsaturated/α-hetero) is 1. The van der Waals surface area contributed by atoms with E-state index in [4.69, 9.17) is 5.73 Å². The van der Waals surface area contributed by atoms with E-state index in [2.05, 4.69) is 4.98 Å². The Bertz CT molecular complexity index is 344. The van der Waals surface area contributed by atoms with Crippen LogP contribution in [-0.4, -0.2) is 16.7 Å². The maximum absolute atomic E-state index is 11.4. The summed E-state index contributed by atoms with van der Waals surface area (Å²) < 4.78 is 0. The first-order valence-corrected chi connectivity index (χ1v) is 4.44. The summed E-state index contributed by atoms with van der Waals surface area (Å²) in [4.78, 5) is 25.8. The SMILES string of the molecule is CCCC(=O)c1ccc(C(N)=O)nc1. The molecule has 0 aliphatic heterocycles. The molecule has 0 aliphatic rings. The van der Waals surface area contributed by atoms with Crippen LogP contribution in [0.5, 0.6) is 0 Å². The molecule has 2 N–H and O–H groups in total. The Labute approximate surface area is 82.1 Å². The van der Waals surface area contributed by atoms with Gasteiger partial charge in [-0.2, -0.15) is 0 Å². The molecule has 0 bridgehead atoms. The number of primary amides is 1. The molecule has 4 heteroatoms. The summed E-state index contributed by atoms with van der Waals surface area (Å²) in [6, 6.07) is 3.04. The summed E-state index contributed by atoms with van der Waals surface area (Å²) in [5.74, 6) is -0.546. The van der Waals surface area contributed by atoms with Gasteiger partial charge in [-0.05, 0) is 18.6 Å². The van der Waals surface area contributed by atoms with E-state index in [0.29, 0.717) is 12.0 Å². The third kappa shape index (κ3) is 2.39. The number of carbonyl (C=O) groups is 2. The number of amides is 1. The molecule has 0 saturated carbocycles. The quantitative estimate of drug-likeness (QED) is 0.727. The van der Waals surface area contributed by atoms with E-state index < -0.39 is 5.91 Å². The molecule has 0 saturated heterocycles. The Hall–Kier alpha value is -1.71. The highest BCUT2D eigenvalue weighted by Crippen LogP contribution is 2.04. The zero-order chi connectivity index (χ0) is 10.6. The van der Waals surface area contributed by atoms with Crippen molar-refractivity contribution in [1.29, 1.82) is 0 Å². The molecule has 1 rings (SSSR count). The zero-order valence-corrected chi connectivity index (χ0v) is 7.99. The summed E-state index contributed by atoms with van der Waals surface area (Å²) in [7, 11) is 0. The molecule has 0 atom stereocenters. The second-order valence-corrected chi connectivity index (χ2v) is 2.97. The second kappa shape index (κ2) is 4.50. The van der Waals surface area contributed by atoms with Crippen LogP contribution in [0, 0.1) is 0 Å². The lowest BCUT2D eigenvalue weighted by Crippen LogP contribution is -2.13. The number of nitrogens with two attached hydrogens (primary N) is 1. The van der Waals surface area contributed by atoms with Gasteiger partial charge in [-0.3, -0.25) is 14.6 Å². The van der Waals surface area contributed by atoms with Gasteiger partial charge in [0.1, 0.15) is 5.69 Å². The molecule has 0 radical (unpaired) electrons. The highest BCUT2D eigenvalue weighted by atomic mass is 16.1. The zero-order valence-electron chi connectivity index (χ0n) is 7.99. The van der Waals surface area contributed by atoms with Crippen molar-refractivity contribution in [2.75, 3.05) is 0 Å². The third-order valence-corrected chi connectivity index (χ3v) is 1.81. The Kier molecular flexibility index (Phi) is 3.34. The van der Waals surface area contributed by atoms with E-state index in [1.54, 1.807) is 6.07 Å². The van der Waals surface area contributed by atoms with Crippen LogP contribution in [0.3, 0.4) is 0 Å². The van der Waals surface area contributed by atoms with Crippen molar-refractivity contribution in [3.63, 3.8) is 0 Å². The van der Waals surface area contributed by atoms with Gasteiger partial charge in [-0.25, -0.2) is 0 Å². The predicted molar refractivity (Wildman–Crippen MR) is 52.0 cm³/mol. The van der Waals surface area contributed by atoms with Crippen molar-refractivity contribution in [2.24, 2.45) is 5.73 Å². The number of rotatable bonds is 4. The van der Waals surface area contributed by atoms with E-state index in [9.17, 15) is 9.59 Å². The number of hydrogen-bond donors (Lipinski definition) is 1. The van der Waals surface area contributed by atoms with E-state index in [0.717, 1.165) is 6.42 Å². The molecule has 0 aliphatic carbocycles. The van der Waals surface area contributed by atoms with E-state index in [1.165, 1.54) is 12.3 Å². The fourth-order valence-electron chi connectivity index (χ4n) is 1.08. The molecule has 4 nitrogen and oxygen atoms in total. The van der Waals surface area contributed by atoms with Crippen LogP contribution in [0.25, 0.3) is 0 Å². The third-order valence-electron chi connectivity index (χ3n) is 1.81. The van der Waals surface area contributed by atoms with Crippen LogP contribution in [-0.2, 0) is 0 Å². The lowest BCUT2D eigenvalue weighted by molar-refractivity contribution is 0.0973. The fraction of sp³-hybridized carbons (Fsp3) is 0.300. The normalized spacial score (nSPS) is 9.79. The van der Waals surface area contributed by atoms with Gasteiger partial charge in [0.05, 0.1) is 0 Å². The molecule has 0 spiro atoms. The lowest BCUT2D eigenvalue weighted by atomic mass is 10.1. The van der Waals surface area contributed by atoms with Crippen molar-refractivity contribution in [3.05, 3.63) is 29.6 Å². The molecule has 1 amide bonds. The van der Waals surface area contributed by atoms with E-state index >= 15 is 0 Å². The van der Waals surface area contributed by atoms with E-state index in [-0.39, 0.29) is 11.5 Å². The summed E-state index contributed by atoms with van der Waals surface area (Å²) >= 11 is 0. The molecule has 74 valence electrons. The largest absolute Gasteiger partial charge is 0.364 e. The number of pyridine rings is 1. The van der Waals surface area contributed by atoms with Gasteiger partial charge in [0.25, 0.3) is 5.91 Å². The van der Waals surface area contributed by atoms with Crippen LogP contribution < -0.4 is 5.73 Å². The molecule has 1 aromatic heterocycles. The van der Waals surface area contributed by atoms with Gasteiger partial charge >= 0.3 is 0 Å². The number of carbonyl (C=O) groups excluding carboxylic acids is 2. The van der Waals surface area contributed by atoms with Crippen molar-refractivity contribution >= 4 is 11.7 Å². The Morgan fingerprint density at radius 2 is 2.14 bits per heavy atom. The average molecular weight is 192 g/mol. The standard InChI is InChI=1S/C10H12N2O2/c1-2-3-9(13)7-4-5-8(10(11)14)12-6-7/h4-6H,2-3H2,1H3,(H2,11,14). The number of nitrogens with zero attached hydrogens (tertiary/aromatic N) is 1. The van der Waals surface area contributed by atoms with Crippen molar-refractivity contribution in [3.8, 4) is 0 Å². The summed E-state index contributed by atoms with van der Waals surface area (Å²) in [5, 5.41) is 0. The second-order valence-electron chi connectivity index (χ2n) is 2.97. The smallest absolute Gasteiger partial charge is 0.267 e. The van der Waals surface area contributed by atoms with Crippen LogP contribution in [0.2, 0.25) is 0 Å². The first-order chi connectivity index (χ1) is 6.65. The summed E-state index contributed by atoms with van der Waals surface area (Å²) in [6.45, 7) is 1.93. The summed E-state index contributed by atoms with van der Waals surface area (Å²) in [6.07, 6.45) is 2.69. The maximum Gasteiger partial charge on any atom is 0.267 e. The van der Waals surface area contributed by atoms with Gasteiger partial charge in [-0.15, -0.1) is 0 Å². The minimum Gasteiger partial charge on any atom is -0.364 e. The fourth-order valence-corrected chi connectivity index (χ4v) is 1.08. The van der Waals surface area contributed by atoms with Crippen molar-refractivity contribution in [1.82, 2.24) is 4.98 Å². The average Bonchev–Trinajstić information content (AvgIpc) is 2.18. The number of aromatic nitrogens is 1. The molecule has 0 aromatic carbocycles. The molecular weight excluding hydrogens is 180 g/mol. The van der Waals surface area contributed by atoms with Crippen molar-refractivity contribution < 1.29 is 9.59 Å². The molecule has 14 heavy (non-hydrogen) atoms. The van der Waals surface area contributed by atoms with E-state index in [1.807, 2.05) is 6.92 Å². The van der Waals surface area contributed by atoms with Gasteiger partial charge in [0.15, 0.2) is 5.78 Å². The van der Waals surface area contributed by atoms with Gasteiger partial charge < -0.3 is 5.73 Å². The Morgan fingerprint density at radius 3 is 2.57 bits per heavy atom. The van der Waals surface area contributed by atoms with Gasteiger partial charge in [0.2, 0.25) is 0 Å². The van der Waals surface area contributed by atoms with Crippen molar-refractivity contribution in [2.45, 2.75) is 19.8 Å². The minimum atomic E-state index is -0.584. The lowest BCUT2D eigenvalue weighted by Gasteiger charge is -1.99. The number of hydrogen-bond acceptors (Lipinski definition) is 3. The Balaban J connectivity index is 2.83. The first kappa shape index (κ1) is 10.4. The highest BCUT2D eigenvalue weighted by molar-refractivity contribution is 5.97. The van der Waals surface area contributed by atoms with Crippen LogP contribution in [0.4, 0.5) is 0 Å². The molecular formula is C10H12N2O2. The first-order valence-electron chi connectivity index (χ1n) is 4.44. The van der Waals surface area contributed by atoms with Gasteiger partial charge in [-0.1, -0.05) is 6.92 Å². The molecule has 0 unspecified atom stereocenters. The minimum absolute atomic E-state index is 0.0380. The molecule has 1 aromatic rings. The molecule has 0 fully saturated rings. The molecule has 1 heterocycles. The number of ketones is 1. The predicted octanol–water partition coefficient (Wildman–Crippen LogP) is 1.16. The topological polar surface area (TPSA) is 73.1 Å². The highest BCUT2D eigenvalue weighted by Gasteiger charge is 2.06. The summed E-state index contributed by atoms with van der Waals surface area (Å²) in [5.41, 5.74) is 5.72.